The lowest BCUT2D eigenvalue weighted by Crippen LogP contribution is -2.34. The van der Waals surface area contributed by atoms with Crippen molar-refractivity contribution in [2.75, 3.05) is 24.3 Å². The number of benzene rings is 3. The highest BCUT2D eigenvalue weighted by Crippen LogP contribution is 2.21. The molecule has 0 saturated heterocycles. The van der Waals surface area contributed by atoms with Gasteiger partial charge < -0.3 is 15.5 Å². The topological polar surface area (TPSA) is 61.4 Å². The van der Waals surface area contributed by atoms with Crippen molar-refractivity contribution in [2.24, 2.45) is 0 Å². The van der Waals surface area contributed by atoms with E-state index < -0.39 is 11.8 Å². The van der Waals surface area contributed by atoms with E-state index in [1.165, 1.54) is 0 Å². The monoisotopic (exact) mass is 373 g/mol. The Bertz CT molecular complexity index is 934. The Balaban J connectivity index is 1.53. The zero-order valence-electron chi connectivity index (χ0n) is 16.0. The van der Waals surface area contributed by atoms with Gasteiger partial charge in [0.15, 0.2) is 0 Å². The molecule has 0 atom stereocenters. The molecule has 0 spiro atoms. The summed E-state index contributed by atoms with van der Waals surface area (Å²) in [5.41, 5.74) is 4.73. The quantitative estimate of drug-likeness (QED) is 0.671. The van der Waals surface area contributed by atoms with Crippen LogP contribution in [0.2, 0.25) is 0 Å². The summed E-state index contributed by atoms with van der Waals surface area (Å²) < 4.78 is 0. The van der Waals surface area contributed by atoms with Crippen LogP contribution in [-0.4, -0.2) is 25.9 Å². The molecule has 0 radical (unpaired) electrons. The van der Waals surface area contributed by atoms with Gasteiger partial charge >= 0.3 is 11.8 Å². The lowest BCUT2D eigenvalue weighted by Gasteiger charge is -2.13. The highest BCUT2D eigenvalue weighted by molar-refractivity contribution is 6.39. The number of carbonyl (C=O) groups excluding carboxylic acids is 2. The lowest BCUT2D eigenvalue weighted by molar-refractivity contribution is -0.136. The van der Waals surface area contributed by atoms with Gasteiger partial charge in [-0.15, -0.1) is 0 Å². The fourth-order valence-corrected chi connectivity index (χ4v) is 2.74. The van der Waals surface area contributed by atoms with E-state index in [0.29, 0.717) is 12.2 Å². The number of hydrogen-bond donors (Lipinski definition) is 2. The van der Waals surface area contributed by atoms with Crippen LogP contribution >= 0.6 is 0 Å². The number of nitrogens with one attached hydrogen (secondary N) is 2. The number of carbonyl (C=O) groups is 2. The van der Waals surface area contributed by atoms with Crippen molar-refractivity contribution in [3.63, 3.8) is 0 Å². The number of amides is 2. The highest BCUT2D eigenvalue weighted by atomic mass is 16.2. The molecule has 3 aromatic rings. The van der Waals surface area contributed by atoms with Gasteiger partial charge in [-0.25, -0.2) is 0 Å². The summed E-state index contributed by atoms with van der Waals surface area (Å²) in [6, 6.07) is 25.1. The molecule has 5 nitrogen and oxygen atoms in total. The molecule has 28 heavy (non-hydrogen) atoms. The van der Waals surface area contributed by atoms with E-state index in [1.54, 1.807) is 12.1 Å². The van der Waals surface area contributed by atoms with Gasteiger partial charge in [0.1, 0.15) is 0 Å². The largest absolute Gasteiger partial charge is 0.378 e. The zero-order valence-corrected chi connectivity index (χ0v) is 16.0. The Hall–Kier alpha value is -3.60. The second-order valence-corrected chi connectivity index (χ2v) is 6.64. The predicted molar refractivity (Wildman–Crippen MR) is 113 cm³/mol. The molecule has 0 aliphatic rings. The summed E-state index contributed by atoms with van der Waals surface area (Å²) in [4.78, 5) is 26.2. The number of rotatable bonds is 5. The summed E-state index contributed by atoms with van der Waals surface area (Å²) in [6.07, 6.45) is 0. The van der Waals surface area contributed by atoms with Crippen LogP contribution < -0.4 is 15.5 Å². The van der Waals surface area contributed by atoms with Crippen LogP contribution in [0.25, 0.3) is 11.1 Å². The van der Waals surface area contributed by atoms with E-state index in [4.69, 9.17) is 0 Å². The van der Waals surface area contributed by atoms with Crippen molar-refractivity contribution >= 4 is 23.2 Å². The molecule has 2 N–H and O–H groups in total. The first-order valence-electron chi connectivity index (χ1n) is 9.04. The first kappa shape index (κ1) is 19.2. The Morgan fingerprint density at radius 1 is 0.750 bits per heavy atom. The SMILES string of the molecule is CN(C)c1ccc(CNC(=O)C(=O)Nc2ccc(-c3ccccc3)cc2)cc1. The molecule has 0 aliphatic heterocycles. The zero-order chi connectivity index (χ0) is 19.9. The predicted octanol–water partition coefficient (Wildman–Crippen LogP) is 3.67. The molecule has 5 heteroatoms. The second-order valence-electron chi connectivity index (χ2n) is 6.64. The molecule has 2 amide bonds. The molecule has 0 saturated carbocycles. The molecule has 0 bridgehead atoms. The highest BCUT2D eigenvalue weighted by Gasteiger charge is 2.13. The fraction of sp³-hybridized carbons (Fsp3) is 0.130. The van der Waals surface area contributed by atoms with Gasteiger partial charge in [-0.3, -0.25) is 9.59 Å². The second kappa shape index (κ2) is 8.86. The summed E-state index contributed by atoms with van der Waals surface area (Å²) in [7, 11) is 3.93. The third-order valence-electron chi connectivity index (χ3n) is 4.36. The van der Waals surface area contributed by atoms with E-state index in [9.17, 15) is 9.59 Å². The van der Waals surface area contributed by atoms with Crippen molar-refractivity contribution in [2.45, 2.75) is 6.54 Å². The van der Waals surface area contributed by atoms with E-state index in [2.05, 4.69) is 10.6 Å². The van der Waals surface area contributed by atoms with Gasteiger partial charge in [0.2, 0.25) is 0 Å². The van der Waals surface area contributed by atoms with Gasteiger partial charge in [-0.05, 0) is 41.0 Å². The average Bonchev–Trinajstić information content (AvgIpc) is 2.73. The van der Waals surface area contributed by atoms with Gasteiger partial charge in [-0.2, -0.15) is 0 Å². The molecule has 0 fully saturated rings. The van der Waals surface area contributed by atoms with Crippen molar-refractivity contribution in [3.05, 3.63) is 84.4 Å². The number of nitrogens with zero attached hydrogens (tertiary/aromatic N) is 1. The molecule has 0 heterocycles. The average molecular weight is 373 g/mol. The normalized spacial score (nSPS) is 10.2. The maximum absolute atomic E-state index is 12.1. The van der Waals surface area contributed by atoms with Crippen molar-refractivity contribution in [1.29, 1.82) is 0 Å². The Labute approximate surface area is 165 Å². The number of hydrogen-bond acceptors (Lipinski definition) is 3. The van der Waals surface area contributed by atoms with Crippen LogP contribution in [0.3, 0.4) is 0 Å². The van der Waals surface area contributed by atoms with Gasteiger partial charge in [0, 0.05) is 32.0 Å². The smallest absolute Gasteiger partial charge is 0.313 e. The minimum absolute atomic E-state index is 0.299. The lowest BCUT2D eigenvalue weighted by atomic mass is 10.1. The minimum atomic E-state index is -0.683. The third kappa shape index (κ3) is 4.98. The molecule has 3 aromatic carbocycles. The Kier molecular flexibility index (Phi) is 6.07. The van der Waals surface area contributed by atoms with Gasteiger partial charge in [0.25, 0.3) is 0 Å². The first-order chi connectivity index (χ1) is 13.5. The molecular weight excluding hydrogens is 350 g/mol. The Morgan fingerprint density at radius 3 is 1.96 bits per heavy atom. The summed E-state index contributed by atoms with van der Waals surface area (Å²) in [5.74, 6) is -1.35. The van der Waals surface area contributed by atoms with E-state index in [-0.39, 0.29) is 0 Å². The van der Waals surface area contributed by atoms with Crippen LogP contribution in [0.15, 0.2) is 78.9 Å². The summed E-state index contributed by atoms with van der Waals surface area (Å²) in [5, 5.41) is 5.26. The summed E-state index contributed by atoms with van der Waals surface area (Å²) in [6.45, 7) is 0.299. The minimum Gasteiger partial charge on any atom is -0.378 e. The standard InChI is InChI=1S/C23H23N3O2/c1-26(2)21-14-8-17(9-15-21)16-24-22(27)23(28)25-20-12-10-19(11-13-20)18-6-4-3-5-7-18/h3-15H,16H2,1-2H3,(H,24,27)(H,25,28). The maximum atomic E-state index is 12.1. The van der Waals surface area contributed by atoms with E-state index >= 15 is 0 Å². The van der Waals surface area contributed by atoms with Crippen molar-refractivity contribution in [3.8, 4) is 11.1 Å². The van der Waals surface area contributed by atoms with Crippen LogP contribution in [0.1, 0.15) is 5.56 Å². The molecule has 142 valence electrons. The third-order valence-corrected chi connectivity index (χ3v) is 4.36. The molecule has 0 unspecified atom stereocenters. The van der Waals surface area contributed by atoms with Crippen molar-refractivity contribution < 1.29 is 9.59 Å². The van der Waals surface area contributed by atoms with Crippen LogP contribution in [0.5, 0.6) is 0 Å². The number of anilines is 2. The van der Waals surface area contributed by atoms with E-state index in [0.717, 1.165) is 22.4 Å². The Morgan fingerprint density at radius 2 is 1.36 bits per heavy atom. The fourth-order valence-electron chi connectivity index (χ4n) is 2.74. The van der Waals surface area contributed by atoms with Crippen molar-refractivity contribution in [1.82, 2.24) is 5.32 Å². The molecule has 3 rings (SSSR count). The molecular formula is C23H23N3O2. The molecule has 0 aliphatic carbocycles. The van der Waals surface area contributed by atoms with Crippen LogP contribution in [0.4, 0.5) is 11.4 Å². The molecule has 0 aromatic heterocycles. The van der Waals surface area contributed by atoms with Crippen LogP contribution in [-0.2, 0) is 16.1 Å². The van der Waals surface area contributed by atoms with Gasteiger partial charge in [0.05, 0.1) is 0 Å². The maximum Gasteiger partial charge on any atom is 0.313 e. The summed E-state index contributed by atoms with van der Waals surface area (Å²) >= 11 is 0. The van der Waals surface area contributed by atoms with Gasteiger partial charge in [-0.1, -0.05) is 54.6 Å². The van der Waals surface area contributed by atoms with Crippen LogP contribution in [0, 0.1) is 0 Å². The first-order valence-corrected chi connectivity index (χ1v) is 9.04. The van der Waals surface area contributed by atoms with E-state index in [1.807, 2.05) is 85.7 Å².